The summed E-state index contributed by atoms with van der Waals surface area (Å²) in [5.41, 5.74) is 4.66. The molecule has 2 aromatic carbocycles. The van der Waals surface area contributed by atoms with Crippen LogP contribution in [0.1, 0.15) is 36.5 Å². The van der Waals surface area contributed by atoms with Gasteiger partial charge in [0, 0.05) is 5.69 Å². The first-order valence-electron chi connectivity index (χ1n) is 8.62. The first kappa shape index (κ1) is 18.1. The molecule has 0 saturated heterocycles. The van der Waals surface area contributed by atoms with E-state index in [1.54, 1.807) is 11.0 Å². The summed E-state index contributed by atoms with van der Waals surface area (Å²) in [4.78, 5) is 4.26. The number of aromatic nitrogens is 3. The van der Waals surface area contributed by atoms with Gasteiger partial charge in [0.25, 0.3) is 0 Å². The second kappa shape index (κ2) is 8.10. The third-order valence-corrected chi connectivity index (χ3v) is 4.27. The number of rotatable bonds is 5. The van der Waals surface area contributed by atoms with Crippen molar-refractivity contribution < 1.29 is 0 Å². The topological polar surface area (TPSA) is 54.8 Å². The monoisotopic (exact) mass is 365 g/mol. The van der Waals surface area contributed by atoms with Gasteiger partial charge in [-0.3, -0.25) is 5.32 Å². The predicted molar refractivity (Wildman–Crippen MR) is 111 cm³/mol. The summed E-state index contributed by atoms with van der Waals surface area (Å²) in [7, 11) is 0. The normalized spacial score (nSPS) is 10.8. The number of hydrogen-bond donors (Lipinski definition) is 2. The van der Waals surface area contributed by atoms with Crippen LogP contribution in [0.25, 0.3) is 0 Å². The Balaban J connectivity index is 1.56. The molecule has 0 bridgehead atoms. The van der Waals surface area contributed by atoms with Crippen LogP contribution in [0.4, 0.5) is 11.6 Å². The lowest BCUT2D eigenvalue weighted by molar-refractivity contribution is 0.687. The first-order chi connectivity index (χ1) is 12.5. The average Bonchev–Trinajstić information content (AvgIpc) is 3.04. The molecule has 0 saturated carbocycles. The molecule has 0 atom stereocenters. The third-order valence-electron chi connectivity index (χ3n) is 4.06. The zero-order valence-electron chi connectivity index (χ0n) is 15.2. The van der Waals surface area contributed by atoms with Crippen molar-refractivity contribution in [2.24, 2.45) is 0 Å². The van der Waals surface area contributed by atoms with Gasteiger partial charge >= 0.3 is 0 Å². The quantitative estimate of drug-likeness (QED) is 0.649. The van der Waals surface area contributed by atoms with Crippen molar-refractivity contribution in [3.05, 3.63) is 71.5 Å². The van der Waals surface area contributed by atoms with Gasteiger partial charge in [-0.05, 0) is 48.3 Å². The number of nitrogens with zero attached hydrogens (tertiary/aromatic N) is 3. The van der Waals surface area contributed by atoms with Crippen molar-refractivity contribution in [1.82, 2.24) is 14.8 Å². The zero-order valence-corrected chi connectivity index (χ0v) is 16.0. The molecule has 26 heavy (non-hydrogen) atoms. The third kappa shape index (κ3) is 4.89. The fourth-order valence-corrected chi connectivity index (χ4v) is 2.73. The average molecular weight is 366 g/mol. The SMILES string of the molecule is Cc1ccc(Cn2cnc(NC(=S)Nc3ccc(C(C)C)cc3)n2)cc1. The molecule has 6 heteroatoms. The Kier molecular flexibility index (Phi) is 5.63. The van der Waals surface area contributed by atoms with Gasteiger partial charge < -0.3 is 5.32 Å². The van der Waals surface area contributed by atoms with Crippen molar-refractivity contribution in [2.45, 2.75) is 33.2 Å². The molecule has 3 rings (SSSR count). The minimum Gasteiger partial charge on any atom is -0.332 e. The molecule has 5 nitrogen and oxygen atoms in total. The van der Waals surface area contributed by atoms with E-state index < -0.39 is 0 Å². The Hall–Kier alpha value is -2.73. The van der Waals surface area contributed by atoms with E-state index >= 15 is 0 Å². The van der Waals surface area contributed by atoms with Crippen LogP contribution in [0.2, 0.25) is 0 Å². The van der Waals surface area contributed by atoms with Gasteiger partial charge in [0.2, 0.25) is 5.95 Å². The van der Waals surface area contributed by atoms with Gasteiger partial charge in [-0.2, -0.15) is 0 Å². The van der Waals surface area contributed by atoms with Crippen LogP contribution in [-0.4, -0.2) is 19.9 Å². The molecule has 1 aromatic heterocycles. The molecule has 2 N–H and O–H groups in total. The molecule has 3 aromatic rings. The van der Waals surface area contributed by atoms with Crippen molar-refractivity contribution in [2.75, 3.05) is 10.6 Å². The highest BCUT2D eigenvalue weighted by Gasteiger charge is 2.05. The fraction of sp³-hybridized carbons (Fsp3) is 0.250. The van der Waals surface area contributed by atoms with E-state index in [1.807, 2.05) is 12.1 Å². The van der Waals surface area contributed by atoms with E-state index in [-0.39, 0.29) is 0 Å². The van der Waals surface area contributed by atoms with Crippen molar-refractivity contribution in [3.63, 3.8) is 0 Å². The molecule has 0 amide bonds. The number of aryl methyl sites for hydroxylation is 1. The molecule has 1 heterocycles. The summed E-state index contributed by atoms with van der Waals surface area (Å²) in [6, 6.07) is 16.6. The number of thiocarbonyl (C=S) groups is 1. The Morgan fingerprint density at radius 1 is 1.04 bits per heavy atom. The summed E-state index contributed by atoms with van der Waals surface area (Å²) in [5, 5.41) is 11.1. The highest BCUT2D eigenvalue weighted by molar-refractivity contribution is 7.80. The van der Waals surface area contributed by atoms with Gasteiger partial charge in [0.05, 0.1) is 6.54 Å². The van der Waals surface area contributed by atoms with Crippen LogP contribution in [0.15, 0.2) is 54.9 Å². The molecular formula is C20H23N5S. The van der Waals surface area contributed by atoms with E-state index in [0.29, 0.717) is 23.5 Å². The molecule has 0 radical (unpaired) electrons. The smallest absolute Gasteiger partial charge is 0.248 e. The lowest BCUT2D eigenvalue weighted by atomic mass is 10.0. The lowest BCUT2D eigenvalue weighted by Crippen LogP contribution is -2.20. The largest absolute Gasteiger partial charge is 0.332 e. The Bertz CT molecular complexity index is 866. The van der Waals surface area contributed by atoms with Gasteiger partial charge in [-0.1, -0.05) is 55.8 Å². The summed E-state index contributed by atoms with van der Waals surface area (Å²) in [6.07, 6.45) is 1.70. The summed E-state index contributed by atoms with van der Waals surface area (Å²) in [5.74, 6) is 0.990. The van der Waals surface area contributed by atoms with Crippen LogP contribution in [0.3, 0.4) is 0 Å². The van der Waals surface area contributed by atoms with Crippen molar-refractivity contribution in [3.8, 4) is 0 Å². The minimum atomic E-state index is 0.468. The Labute approximate surface area is 159 Å². The van der Waals surface area contributed by atoms with E-state index in [0.717, 1.165) is 5.69 Å². The molecule has 0 fully saturated rings. The number of hydrogen-bond acceptors (Lipinski definition) is 3. The van der Waals surface area contributed by atoms with E-state index in [2.05, 4.69) is 77.9 Å². The van der Waals surface area contributed by atoms with Gasteiger partial charge in [-0.15, -0.1) is 5.10 Å². The summed E-state index contributed by atoms with van der Waals surface area (Å²) in [6.45, 7) is 7.10. The van der Waals surface area contributed by atoms with Crippen LogP contribution in [0.5, 0.6) is 0 Å². The Morgan fingerprint density at radius 3 is 2.38 bits per heavy atom. The summed E-state index contributed by atoms with van der Waals surface area (Å²) >= 11 is 5.34. The zero-order chi connectivity index (χ0) is 18.5. The van der Waals surface area contributed by atoms with Gasteiger partial charge in [0.15, 0.2) is 5.11 Å². The molecule has 0 aliphatic heterocycles. The lowest BCUT2D eigenvalue weighted by Gasteiger charge is -2.10. The van der Waals surface area contributed by atoms with Crippen LogP contribution < -0.4 is 10.6 Å². The number of nitrogens with one attached hydrogen (secondary N) is 2. The molecule has 0 aliphatic carbocycles. The van der Waals surface area contributed by atoms with Gasteiger partial charge in [0.1, 0.15) is 6.33 Å². The maximum atomic E-state index is 5.34. The molecule has 0 unspecified atom stereocenters. The standard InChI is InChI=1S/C20H23N5S/c1-14(2)17-8-10-18(11-9-17)22-20(26)23-19-21-13-25(24-19)12-16-6-4-15(3)5-7-16/h4-11,13-14H,12H2,1-3H3,(H2,22,23,24,26). The van der Waals surface area contributed by atoms with E-state index in [4.69, 9.17) is 12.2 Å². The van der Waals surface area contributed by atoms with Crippen molar-refractivity contribution >= 4 is 29.0 Å². The number of anilines is 2. The van der Waals surface area contributed by atoms with Crippen LogP contribution in [0, 0.1) is 6.92 Å². The minimum absolute atomic E-state index is 0.468. The predicted octanol–water partition coefficient (Wildman–Crippen LogP) is 4.57. The Morgan fingerprint density at radius 2 is 1.73 bits per heavy atom. The molecule has 0 aliphatic rings. The number of benzene rings is 2. The second-order valence-corrected chi connectivity index (χ2v) is 7.02. The maximum absolute atomic E-state index is 5.34. The van der Waals surface area contributed by atoms with E-state index in [1.165, 1.54) is 16.7 Å². The van der Waals surface area contributed by atoms with Crippen LogP contribution >= 0.6 is 12.2 Å². The maximum Gasteiger partial charge on any atom is 0.248 e. The van der Waals surface area contributed by atoms with Gasteiger partial charge in [-0.25, -0.2) is 9.67 Å². The van der Waals surface area contributed by atoms with E-state index in [9.17, 15) is 0 Å². The highest BCUT2D eigenvalue weighted by atomic mass is 32.1. The highest BCUT2D eigenvalue weighted by Crippen LogP contribution is 2.17. The molecular weight excluding hydrogens is 342 g/mol. The first-order valence-corrected chi connectivity index (χ1v) is 9.03. The second-order valence-electron chi connectivity index (χ2n) is 6.61. The fourth-order valence-electron chi connectivity index (χ4n) is 2.52. The molecule has 134 valence electrons. The van der Waals surface area contributed by atoms with Crippen molar-refractivity contribution in [1.29, 1.82) is 0 Å². The molecule has 0 spiro atoms. The summed E-state index contributed by atoms with van der Waals surface area (Å²) < 4.78 is 1.78. The van der Waals surface area contributed by atoms with Crippen LogP contribution in [-0.2, 0) is 6.54 Å².